The van der Waals surface area contributed by atoms with E-state index in [0.29, 0.717) is 34.3 Å². The van der Waals surface area contributed by atoms with Crippen LogP contribution in [0, 0.1) is 5.92 Å². The first-order valence-corrected chi connectivity index (χ1v) is 9.46. The molecule has 3 aromatic rings. The smallest absolute Gasteiger partial charge is 0.412 e. The number of pyridine rings is 1. The van der Waals surface area contributed by atoms with Gasteiger partial charge in [-0.3, -0.25) is 19.1 Å². The Hall–Kier alpha value is -3.41. The quantitative estimate of drug-likeness (QED) is 0.642. The summed E-state index contributed by atoms with van der Waals surface area (Å²) in [7, 11) is 1.43. The fraction of sp³-hybridized carbons (Fsp3) is 0.261. The molecule has 1 amide bonds. The topological polar surface area (TPSA) is 79.6 Å². The van der Waals surface area contributed by atoms with E-state index in [-0.39, 0.29) is 17.3 Å². The standard InChI is InChI=1S/C23H24N2O4/c1-14(2)13-25-21(24(4)23(28)29)20(16-8-6-5-7-9-16)19-12-17(15(3)26)10-11-18(19)22(25)27/h5-12,14H,13H2,1-4H3,(H,28,29). The van der Waals surface area contributed by atoms with Gasteiger partial charge >= 0.3 is 6.09 Å². The molecule has 0 aliphatic rings. The number of carbonyl (C=O) groups excluding carboxylic acids is 1. The lowest BCUT2D eigenvalue weighted by atomic mass is 9.96. The van der Waals surface area contributed by atoms with Crippen LogP contribution >= 0.6 is 0 Å². The van der Waals surface area contributed by atoms with Gasteiger partial charge in [0.25, 0.3) is 5.56 Å². The van der Waals surface area contributed by atoms with Gasteiger partial charge in [-0.1, -0.05) is 50.2 Å². The molecule has 6 heteroatoms. The molecule has 1 N–H and O–H groups in total. The van der Waals surface area contributed by atoms with Crippen LogP contribution in [0.1, 0.15) is 31.1 Å². The van der Waals surface area contributed by atoms with Gasteiger partial charge in [0.05, 0.1) is 0 Å². The van der Waals surface area contributed by atoms with Crippen LogP contribution in [-0.2, 0) is 6.54 Å². The molecule has 1 aromatic heterocycles. The van der Waals surface area contributed by atoms with E-state index >= 15 is 0 Å². The molecular formula is C23H24N2O4. The normalized spacial score (nSPS) is 11.1. The van der Waals surface area contributed by atoms with Gasteiger partial charge in [0.15, 0.2) is 5.78 Å². The Morgan fingerprint density at radius 1 is 1.07 bits per heavy atom. The Bertz CT molecular complexity index is 1150. The number of hydrogen-bond acceptors (Lipinski definition) is 3. The van der Waals surface area contributed by atoms with Crippen LogP contribution in [0.2, 0.25) is 0 Å². The lowest BCUT2D eigenvalue weighted by Gasteiger charge is -2.26. The number of benzene rings is 2. The van der Waals surface area contributed by atoms with Gasteiger partial charge in [-0.15, -0.1) is 0 Å². The minimum atomic E-state index is -1.17. The zero-order valence-electron chi connectivity index (χ0n) is 17.0. The van der Waals surface area contributed by atoms with E-state index < -0.39 is 6.09 Å². The molecule has 0 saturated heterocycles. The summed E-state index contributed by atoms with van der Waals surface area (Å²) < 4.78 is 1.52. The zero-order chi connectivity index (χ0) is 21.3. The molecule has 0 radical (unpaired) electrons. The SMILES string of the molecule is CC(=O)c1ccc2c(=O)n(CC(C)C)c(N(C)C(=O)O)c(-c3ccccc3)c2c1. The van der Waals surface area contributed by atoms with E-state index in [1.807, 2.05) is 44.2 Å². The number of carboxylic acid groups (broad SMARTS) is 1. The second-order valence-electron chi connectivity index (χ2n) is 7.53. The molecule has 0 spiro atoms. The number of fused-ring (bicyclic) bond motifs is 1. The minimum absolute atomic E-state index is 0.120. The Balaban J connectivity index is 2.57. The highest BCUT2D eigenvalue weighted by Crippen LogP contribution is 2.36. The number of amides is 1. The monoisotopic (exact) mass is 392 g/mol. The average Bonchev–Trinajstić information content (AvgIpc) is 2.69. The molecule has 3 rings (SSSR count). The molecule has 29 heavy (non-hydrogen) atoms. The van der Waals surface area contributed by atoms with Crippen molar-refractivity contribution >= 4 is 28.5 Å². The second-order valence-corrected chi connectivity index (χ2v) is 7.53. The summed E-state index contributed by atoms with van der Waals surface area (Å²) in [6, 6.07) is 14.3. The first-order valence-electron chi connectivity index (χ1n) is 9.46. The largest absolute Gasteiger partial charge is 0.465 e. The predicted molar refractivity (Wildman–Crippen MR) is 115 cm³/mol. The third-order valence-corrected chi connectivity index (χ3v) is 4.87. The minimum Gasteiger partial charge on any atom is -0.465 e. The first kappa shape index (κ1) is 20.3. The molecule has 6 nitrogen and oxygen atoms in total. The van der Waals surface area contributed by atoms with Gasteiger partial charge in [-0.25, -0.2) is 4.79 Å². The summed E-state index contributed by atoms with van der Waals surface area (Å²) in [6.07, 6.45) is -1.17. The molecule has 1 heterocycles. The third-order valence-electron chi connectivity index (χ3n) is 4.87. The maximum atomic E-state index is 13.3. The van der Waals surface area contributed by atoms with Crippen LogP contribution in [0.5, 0.6) is 0 Å². The Morgan fingerprint density at radius 3 is 2.28 bits per heavy atom. The average molecular weight is 392 g/mol. The fourth-order valence-electron chi connectivity index (χ4n) is 3.52. The van der Waals surface area contributed by atoms with Crippen molar-refractivity contribution in [3.8, 4) is 11.1 Å². The summed E-state index contributed by atoms with van der Waals surface area (Å²) in [6.45, 7) is 5.79. The summed E-state index contributed by atoms with van der Waals surface area (Å²) in [4.78, 5) is 38.3. The number of hydrogen-bond donors (Lipinski definition) is 1. The highest BCUT2D eigenvalue weighted by molar-refractivity contribution is 6.07. The van der Waals surface area contributed by atoms with Gasteiger partial charge in [0, 0.05) is 30.1 Å². The molecule has 0 unspecified atom stereocenters. The van der Waals surface area contributed by atoms with Crippen molar-refractivity contribution in [2.45, 2.75) is 27.3 Å². The number of carbonyl (C=O) groups is 2. The van der Waals surface area contributed by atoms with Gasteiger partial charge in [0.2, 0.25) is 0 Å². The summed E-state index contributed by atoms with van der Waals surface area (Å²) in [5.74, 6) is 0.312. The van der Waals surface area contributed by atoms with Crippen molar-refractivity contribution < 1.29 is 14.7 Å². The molecular weight excluding hydrogens is 368 g/mol. The Morgan fingerprint density at radius 2 is 1.72 bits per heavy atom. The zero-order valence-corrected chi connectivity index (χ0v) is 17.0. The van der Waals surface area contributed by atoms with E-state index in [0.717, 1.165) is 10.5 Å². The number of anilines is 1. The third kappa shape index (κ3) is 3.78. The molecule has 0 fully saturated rings. The van der Waals surface area contributed by atoms with E-state index in [2.05, 4.69) is 0 Å². The number of Topliss-reactive ketones (excluding diaryl/α,β-unsaturated/α-hetero) is 1. The molecule has 0 aliphatic heterocycles. The van der Waals surface area contributed by atoms with Crippen LogP contribution < -0.4 is 10.5 Å². The Labute approximate surface area is 169 Å². The predicted octanol–water partition coefficient (Wildman–Crippen LogP) is 4.64. The number of nitrogens with zero attached hydrogens (tertiary/aromatic N) is 2. The highest BCUT2D eigenvalue weighted by atomic mass is 16.4. The van der Waals surface area contributed by atoms with Crippen LogP contribution in [0.3, 0.4) is 0 Å². The lowest BCUT2D eigenvalue weighted by molar-refractivity contribution is 0.101. The number of ketones is 1. The van der Waals surface area contributed by atoms with Crippen LogP contribution in [0.25, 0.3) is 21.9 Å². The van der Waals surface area contributed by atoms with Gasteiger partial charge in [-0.2, -0.15) is 0 Å². The van der Waals surface area contributed by atoms with Crippen molar-refractivity contribution in [2.24, 2.45) is 5.92 Å². The molecule has 0 aliphatic carbocycles. The van der Waals surface area contributed by atoms with Crippen LogP contribution in [-0.4, -0.2) is 28.6 Å². The fourth-order valence-corrected chi connectivity index (χ4v) is 3.52. The molecule has 0 bridgehead atoms. The summed E-state index contributed by atoms with van der Waals surface area (Å²) >= 11 is 0. The lowest BCUT2D eigenvalue weighted by Crippen LogP contribution is -2.34. The Kier molecular flexibility index (Phi) is 5.55. The van der Waals surface area contributed by atoms with Gasteiger partial charge < -0.3 is 5.11 Å². The summed E-state index contributed by atoms with van der Waals surface area (Å²) in [5, 5.41) is 10.7. The highest BCUT2D eigenvalue weighted by Gasteiger charge is 2.24. The van der Waals surface area contributed by atoms with Crippen molar-refractivity contribution in [3.63, 3.8) is 0 Å². The van der Waals surface area contributed by atoms with Gasteiger partial charge in [0.1, 0.15) is 5.82 Å². The molecule has 2 aromatic carbocycles. The van der Waals surface area contributed by atoms with E-state index in [1.165, 1.54) is 18.5 Å². The number of aromatic nitrogens is 1. The van der Waals surface area contributed by atoms with E-state index in [4.69, 9.17) is 0 Å². The van der Waals surface area contributed by atoms with E-state index in [9.17, 15) is 19.5 Å². The second kappa shape index (κ2) is 7.91. The van der Waals surface area contributed by atoms with Gasteiger partial charge in [-0.05, 0) is 35.9 Å². The van der Waals surface area contributed by atoms with Crippen LogP contribution in [0.4, 0.5) is 10.6 Å². The van der Waals surface area contributed by atoms with Crippen LogP contribution in [0.15, 0.2) is 53.3 Å². The van der Waals surface area contributed by atoms with E-state index in [1.54, 1.807) is 18.2 Å². The van der Waals surface area contributed by atoms with Crippen molar-refractivity contribution in [2.75, 3.05) is 11.9 Å². The molecule has 0 saturated carbocycles. The van der Waals surface area contributed by atoms with Crippen molar-refractivity contribution in [3.05, 3.63) is 64.4 Å². The maximum Gasteiger partial charge on any atom is 0.412 e. The summed E-state index contributed by atoms with van der Waals surface area (Å²) in [5.41, 5.74) is 1.60. The van der Waals surface area contributed by atoms with Crippen molar-refractivity contribution in [1.82, 2.24) is 4.57 Å². The van der Waals surface area contributed by atoms with Crippen molar-refractivity contribution in [1.29, 1.82) is 0 Å². The molecule has 150 valence electrons. The molecule has 0 atom stereocenters. The maximum absolute atomic E-state index is 13.3. The first-order chi connectivity index (χ1) is 13.7. The number of rotatable bonds is 5.